The first-order chi connectivity index (χ1) is 12.6. The topological polar surface area (TPSA) is 35.8 Å². The highest BCUT2D eigenvalue weighted by Crippen LogP contribution is 2.38. The summed E-state index contributed by atoms with van der Waals surface area (Å²) in [7, 11) is 0. The summed E-state index contributed by atoms with van der Waals surface area (Å²) in [4.78, 5) is 0. The van der Waals surface area contributed by atoms with Crippen molar-refractivity contribution in [1.82, 2.24) is 0 Å². The van der Waals surface area contributed by atoms with E-state index in [9.17, 15) is 9.50 Å². The lowest BCUT2D eigenvalue weighted by Crippen LogP contribution is -2.18. The minimum atomic E-state index is -0.272. The van der Waals surface area contributed by atoms with E-state index in [-0.39, 0.29) is 17.6 Å². The Labute approximate surface area is 156 Å². The molecule has 1 aliphatic heterocycles. The zero-order valence-corrected chi connectivity index (χ0v) is 14.6. The summed E-state index contributed by atoms with van der Waals surface area (Å²) in [5.41, 5.74) is 3.24. The molecule has 0 aliphatic carbocycles. The third-order valence-electron chi connectivity index (χ3n) is 4.46. The molecule has 5 heteroatoms. The van der Waals surface area contributed by atoms with E-state index in [1.807, 2.05) is 35.3 Å². The van der Waals surface area contributed by atoms with Crippen molar-refractivity contribution in [3.8, 4) is 5.75 Å². The minimum absolute atomic E-state index is 0.0913. The third kappa shape index (κ3) is 3.16. The number of rotatable bonds is 3. The Morgan fingerprint density at radius 3 is 2.46 bits per heavy atom. The Kier molecular flexibility index (Phi) is 4.35. The molecule has 1 aliphatic rings. The molecule has 0 aromatic heterocycles. The van der Waals surface area contributed by atoms with Gasteiger partial charge in [-0.05, 0) is 48.0 Å². The van der Waals surface area contributed by atoms with Crippen molar-refractivity contribution in [2.45, 2.75) is 12.5 Å². The minimum Gasteiger partial charge on any atom is -0.507 e. The lowest BCUT2D eigenvalue weighted by molar-refractivity contribution is 0.474. The first-order valence-corrected chi connectivity index (χ1v) is 8.66. The van der Waals surface area contributed by atoms with E-state index in [1.54, 1.807) is 30.3 Å². The fourth-order valence-corrected chi connectivity index (χ4v) is 3.35. The first-order valence-electron chi connectivity index (χ1n) is 8.28. The number of hydrogen-bond acceptors (Lipinski definition) is 3. The van der Waals surface area contributed by atoms with Gasteiger partial charge in [-0.2, -0.15) is 5.10 Å². The Balaban J connectivity index is 1.78. The number of aromatic hydroxyl groups is 1. The number of phenolic OH excluding ortho intramolecular Hbond substituents is 1. The van der Waals surface area contributed by atoms with Crippen LogP contribution in [0.25, 0.3) is 0 Å². The number of nitrogens with zero attached hydrogens (tertiary/aromatic N) is 2. The van der Waals surface area contributed by atoms with Gasteiger partial charge in [0.2, 0.25) is 0 Å². The van der Waals surface area contributed by atoms with E-state index in [2.05, 4.69) is 0 Å². The molecule has 3 aromatic rings. The van der Waals surface area contributed by atoms with Gasteiger partial charge < -0.3 is 5.11 Å². The maximum absolute atomic E-state index is 13.3. The maximum Gasteiger partial charge on any atom is 0.124 e. The Bertz CT molecular complexity index is 958. The predicted octanol–water partition coefficient (Wildman–Crippen LogP) is 5.54. The van der Waals surface area contributed by atoms with Crippen LogP contribution in [0.15, 0.2) is 77.9 Å². The van der Waals surface area contributed by atoms with Crippen LogP contribution in [0, 0.1) is 5.82 Å². The molecule has 0 bridgehead atoms. The molecule has 4 rings (SSSR count). The van der Waals surface area contributed by atoms with Crippen LogP contribution in [-0.4, -0.2) is 10.8 Å². The monoisotopic (exact) mass is 366 g/mol. The molecule has 0 fully saturated rings. The van der Waals surface area contributed by atoms with Gasteiger partial charge in [-0.15, -0.1) is 0 Å². The summed E-state index contributed by atoms with van der Waals surface area (Å²) in [5, 5.41) is 17.4. The zero-order chi connectivity index (χ0) is 18.1. The average Bonchev–Trinajstić information content (AvgIpc) is 3.10. The first kappa shape index (κ1) is 16.6. The highest BCUT2D eigenvalue weighted by molar-refractivity contribution is 6.31. The lowest BCUT2D eigenvalue weighted by Gasteiger charge is -2.23. The van der Waals surface area contributed by atoms with Gasteiger partial charge in [-0.1, -0.05) is 41.9 Å². The van der Waals surface area contributed by atoms with Gasteiger partial charge in [0.1, 0.15) is 11.6 Å². The molecular weight excluding hydrogens is 351 g/mol. The van der Waals surface area contributed by atoms with E-state index in [0.29, 0.717) is 17.0 Å². The highest BCUT2D eigenvalue weighted by atomic mass is 35.5. The summed E-state index contributed by atoms with van der Waals surface area (Å²) < 4.78 is 13.3. The van der Waals surface area contributed by atoms with Crippen LogP contribution in [-0.2, 0) is 0 Å². The Morgan fingerprint density at radius 1 is 1.00 bits per heavy atom. The second-order valence-electron chi connectivity index (χ2n) is 6.16. The molecular formula is C21H16ClFN2O. The van der Waals surface area contributed by atoms with Gasteiger partial charge in [-0.3, -0.25) is 5.01 Å². The van der Waals surface area contributed by atoms with Crippen LogP contribution >= 0.6 is 11.6 Å². The second-order valence-corrected chi connectivity index (χ2v) is 6.60. The van der Waals surface area contributed by atoms with Crippen molar-refractivity contribution in [2.75, 3.05) is 5.01 Å². The number of anilines is 1. The van der Waals surface area contributed by atoms with Crippen LogP contribution in [0.2, 0.25) is 5.02 Å². The molecule has 0 radical (unpaired) electrons. The number of halogens is 2. The molecule has 0 spiro atoms. The fraction of sp³-hybridized carbons (Fsp3) is 0.0952. The smallest absolute Gasteiger partial charge is 0.124 e. The van der Waals surface area contributed by atoms with E-state index in [0.717, 1.165) is 17.0 Å². The molecule has 0 amide bonds. The molecule has 0 saturated carbocycles. The van der Waals surface area contributed by atoms with E-state index in [4.69, 9.17) is 16.7 Å². The molecule has 1 N–H and O–H groups in total. The summed E-state index contributed by atoms with van der Waals surface area (Å²) in [5.74, 6) is -0.132. The maximum atomic E-state index is 13.3. The van der Waals surface area contributed by atoms with Crippen LogP contribution < -0.4 is 5.01 Å². The van der Waals surface area contributed by atoms with Crippen molar-refractivity contribution in [2.24, 2.45) is 5.10 Å². The summed E-state index contributed by atoms with van der Waals surface area (Å²) in [6.45, 7) is 0. The molecule has 0 saturated heterocycles. The molecule has 3 aromatic carbocycles. The Hall–Kier alpha value is -2.85. The van der Waals surface area contributed by atoms with Gasteiger partial charge in [0.05, 0.1) is 17.4 Å². The van der Waals surface area contributed by atoms with E-state index in [1.165, 1.54) is 12.1 Å². The predicted molar refractivity (Wildman–Crippen MR) is 102 cm³/mol. The van der Waals surface area contributed by atoms with Crippen molar-refractivity contribution >= 4 is 23.0 Å². The van der Waals surface area contributed by atoms with Gasteiger partial charge in [0.25, 0.3) is 0 Å². The quantitative estimate of drug-likeness (QED) is 0.660. The zero-order valence-electron chi connectivity index (χ0n) is 13.8. The molecule has 1 atom stereocenters. The largest absolute Gasteiger partial charge is 0.507 e. The summed E-state index contributed by atoms with van der Waals surface area (Å²) in [6.07, 6.45) is 0.578. The van der Waals surface area contributed by atoms with Crippen molar-refractivity contribution in [1.29, 1.82) is 0 Å². The molecule has 3 nitrogen and oxygen atoms in total. The van der Waals surface area contributed by atoms with E-state index >= 15 is 0 Å². The number of phenols is 1. The van der Waals surface area contributed by atoms with Crippen LogP contribution in [0.5, 0.6) is 5.75 Å². The van der Waals surface area contributed by atoms with Crippen molar-refractivity contribution in [3.63, 3.8) is 0 Å². The highest BCUT2D eigenvalue weighted by Gasteiger charge is 2.31. The number of hydrogen-bond donors (Lipinski definition) is 1. The summed E-state index contributed by atoms with van der Waals surface area (Å²) >= 11 is 6.10. The van der Waals surface area contributed by atoms with Gasteiger partial charge >= 0.3 is 0 Å². The lowest BCUT2D eigenvalue weighted by atomic mass is 9.97. The van der Waals surface area contributed by atoms with Crippen LogP contribution in [0.1, 0.15) is 23.6 Å². The van der Waals surface area contributed by atoms with E-state index < -0.39 is 0 Å². The number of hydrazone groups is 1. The van der Waals surface area contributed by atoms with Crippen molar-refractivity contribution < 1.29 is 9.50 Å². The third-order valence-corrected chi connectivity index (χ3v) is 4.69. The van der Waals surface area contributed by atoms with Crippen molar-refractivity contribution in [3.05, 3.63) is 94.8 Å². The second kappa shape index (κ2) is 6.81. The van der Waals surface area contributed by atoms with Gasteiger partial charge in [0, 0.05) is 17.0 Å². The fourth-order valence-electron chi connectivity index (χ4n) is 3.18. The molecule has 26 heavy (non-hydrogen) atoms. The summed E-state index contributed by atoms with van der Waals surface area (Å²) in [6, 6.07) is 21.1. The molecule has 0 unspecified atom stereocenters. The SMILES string of the molecule is Oc1ccc(Cl)cc1C1=NN(c2ccccc2)[C@@H](c2ccc(F)cc2)C1. The Morgan fingerprint density at radius 2 is 1.73 bits per heavy atom. The average molecular weight is 367 g/mol. The normalized spacial score (nSPS) is 16.6. The number of para-hydroxylation sites is 1. The number of benzene rings is 3. The van der Waals surface area contributed by atoms with Crippen LogP contribution in [0.3, 0.4) is 0 Å². The molecule has 130 valence electrons. The van der Waals surface area contributed by atoms with Gasteiger partial charge in [0.15, 0.2) is 0 Å². The standard InChI is InChI=1S/C21H16ClFN2O/c22-15-8-11-21(26)18(12-15)19-13-20(14-6-9-16(23)10-7-14)25(24-19)17-4-2-1-3-5-17/h1-12,20,26H,13H2/t20-/m1/s1. The molecule has 1 heterocycles. The van der Waals surface area contributed by atoms with Crippen LogP contribution in [0.4, 0.5) is 10.1 Å². The van der Waals surface area contributed by atoms with Gasteiger partial charge in [-0.25, -0.2) is 4.39 Å².